The maximum absolute atomic E-state index is 12.9. The van der Waals surface area contributed by atoms with E-state index < -0.39 is 0 Å². The van der Waals surface area contributed by atoms with Crippen molar-refractivity contribution in [1.29, 1.82) is 0 Å². The Kier molecular flexibility index (Phi) is 8.39. The van der Waals surface area contributed by atoms with Crippen molar-refractivity contribution >= 4 is 29.9 Å². The first-order valence-electron chi connectivity index (χ1n) is 12.3. The van der Waals surface area contributed by atoms with E-state index in [9.17, 15) is 14.4 Å². The summed E-state index contributed by atoms with van der Waals surface area (Å²) in [6.45, 7) is 0.877. The van der Waals surface area contributed by atoms with Crippen molar-refractivity contribution in [2.45, 2.75) is 44.9 Å². The zero-order chi connectivity index (χ0) is 24.5. The number of hydrogen-bond acceptors (Lipinski definition) is 5. The van der Waals surface area contributed by atoms with E-state index in [1.165, 1.54) is 38.5 Å². The summed E-state index contributed by atoms with van der Waals surface area (Å²) >= 11 is 0. The third kappa shape index (κ3) is 6.63. The van der Waals surface area contributed by atoms with Crippen LogP contribution in [-0.4, -0.2) is 30.0 Å². The quantitative estimate of drug-likeness (QED) is 0.265. The normalized spacial score (nSPS) is 13.7. The van der Waals surface area contributed by atoms with Crippen LogP contribution < -0.4 is 10.6 Å². The molecule has 2 aromatic carbocycles. The molecule has 1 saturated carbocycles. The summed E-state index contributed by atoms with van der Waals surface area (Å²) in [5.74, 6) is 0.529. The fourth-order valence-electron chi connectivity index (χ4n) is 4.69. The average molecular weight is 470 g/mol. The van der Waals surface area contributed by atoms with Crippen molar-refractivity contribution in [3.63, 3.8) is 0 Å². The number of carbonyl (C=O) groups is 3. The van der Waals surface area contributed by atoms with Gasteiger partial charge in [-0.05, 0) is 61.2 Å². The second-order valence-electron chi connectivity index (χ2n) is 9.12. The van der Waals surface area contributed by atoms with Gasteiger partial charge in [0, 0.05) is 40.7 Å². The van der Waals surface area contributed by atoms with Crippen LogP contribution in [0.5, 0.6) is 0 Å². The van der Waals surface area contributed by atoms with Crippen LogP contribution in [0, 0.1) is 5.92 Å². The highest BCUT2D eigenvalue weighted by Gasteiger charge is 2.15. The summed E-state index contributed by atoms with van der Waals surface area (Å²) in [7, 11) is 0. The maximum Gasteiger partial charge on any atom is 0.255 e. The molecule has 0 radical (unpaired) electrons. The average Bonchev–Trinajstić information content (AvgIpc) is 2.92. The molecule has 1 aliphatic rings. The number of hydrogen-bond donors (Lipinski definition) is 2. The molecule has 1 aromatic heterocycles. The molecule has 0 aliphatic heterocycles. The molecule has 1 fully saturated rings. The zero-order valence-corrected chi connectivity index (χ0v) is 19.8. The summed E-state index contributed by atoms with van der Waals surface area (Å²) in [4.78, 5) is 39.8. The van der Waals surface area contributed by atoms with Gasteiger partial charge in [-0.2, -0.15) is 0 Å². The highest BCUT2D eigenvalue weighted by molar-refractivity contribution is 6.07. The van der Waals surface area contributed by atoms with E-state index in [0.29, 0.717) is 39.9 Å². The van der Waals surface area contributed by atoms with E-state index in [4.69, 9.17) is 0 Å². The van der Waals surface area contributed by atoms with E-state index in [1.807, 2.05) is 18.2 Å². The van der Waals surface area contributed by atoms with Crippen molar-refractivity contribution in [3.05, 3.63) is 77.5 Å². The van der Waals surface area contributed by atoms with E-state index >= 15 is 0 Å². The molecule has 6 nitrogen and oxygen atoms in total. The number of nitrogens with one attached hydrogen (secondary N) is 2. The van der Waals surface area contributed by atoms with Gasteiger partial charge in [-0.25, -0.2) is 0 Å². The van der Waals surface area contributed by atoms with Crippen LogP contribution in [0.3, 0.4) is 0 Å². The van der Waals surface area contributed by atoms with E-state index in [-0.39, 0.29) is 5.91 Å². The monoisotopic (exact) mass is 469 g/mol. The van der Waals surface area contributed by atoms with E-state index in [2.05, 4.69) is 15.6 Å². The Morgan fingerprint density at radius 1 is 0.943 bits per heavy atom. The molecular formula is C29H31N3O3. The van der Waals surface area contributed by atoms with E-state index in [1.54, 1.807) is 42.6 Å². The van der Waals surface area contributed by atoms with Crippen LogP contribution in [0.1, 0.15) is 76.0 Å². The van der Waals surface area contributed by atoms with Gasteiger partial charge in [0.15, 0.2) is 0 Å². The molecular weight excluding hydrogens is 438 g/mol. The number of pyridine rings is 1. The van der Waals surface area contributed by atoms with E-state index in [0.717, 1.165) is 30.9 Å². The molecule has 0 atom stereocenters. The third-order valence-corrected chi connectivity index (χ3v) is 6.59. The minimum Gasteiger partial charge on any atom is -0.385 e. The molecule has 0 saturated heterocycles. The Bertz CT molecular complexity index is 1190. The molecule has 0 bridgehead atoms. The van der Waals surface area contributed by atoms with Crippen molar-refractivity contribution in [3.8, 4) is 11.3 Å². The Morgan fingerprint density at radius 2 is 1.74 bits per heavy atom. The molecule has 1 aliphatic carbocycles. The van der Waals surface area contributed by atoms with Gasteiger partial charge in [0.05, 0.1) is 11.4 Å². The SMILES string of the molecule is O=Cc1cccc(C(=O)Nc2ccc(NCCCC3CCCCC3)cc2-c2cc(C=O)ccn2)c1. The van der Waals surface area contributed by atoms with Gasteiger partial charge < -0.3 is 10.6 Å². The van der Waals surface area contributed by atoms with Crippen LogP contribution in [0.4, 0.5) is 11.4 Å². The highest BCUT2D eigenvalue weighted by Crippen LogP contribution is 2.31. The summed E-state index contributed by atoms with van der Waals surface area (Å²) in [6, 6.07) is 15.6. The summed E-state index contributed by atoms with van der Waals surface area (Å²) < 4.78 is 0. The van der Waals surface area contributed by atoms with Crippen molar-refractivity contribution in [1.82, 2.24) is 4.98 Å². The predicted molar refractivity (Wildman–Crippen MR) is 139 cm³/mol. The number of aromatic nitrogens is 1. The van der Waals surface area contributed by atoms with Gasteiger partial charge >= 0.3 is 0 Å². The predicted octanol–water partition coefficient (Wildman–Crippen LogP) is 6.40. The Labute approximate surface area is 206 Å². The Morgan fingerprint density at radius 3 is 2.54 bits per heavy atom. The lowest BCUT2D eigenvalue weighted by atomic mass is 9.86. The lowest BCUT2D eigenvalue weighted by Gasteiger charge is -2.21. The van der Waals surface area contributed by atoms with Crippen LogP contribution in [0.25, 0.3) is 11.3 Å². The topological polar surface area (TPSA) is 88.2 Å². The van der Waals surface area contributed by atoms with Crippen molar-refractivity contribution < 1.29 is 14.4 Å². The summed E-state index contributed by atoms with van der Waals surface area (Å²) in [5.41, 5.74) is 4.16. The number of nitrogens with zero attached hydrogens (tertiary/aromatic N) is 1. The number of aldehydes is 2. The lowest BCUT2D eigenvalue weighted by Crippen LogP contribution is -2.13. The van der Waals surface area contributed by atoms with Gasteiger partial charge in [0.25, 0.3) is 5.91 Å². The Hall–Kier alpha value is -3.80. The molecule has 0 spiro atoms. The van der Waals surface area contributed by atoms with Crippen LogP contribution in [-0.2, 0) is 0 Å². The minimum absolute atomic E-state index is 0.324. The molecule has 4 rings (SSSR count). The molecule has 0 unspecified atom stereocenters. The number of anilines is 2. The molecule has 1 amide bonds. The minimum atomic E-state index is -0.324. The number of carbonyl (C=O) groups excluding carboxylic acids is 3. The van der Waals surface area contributed by atoms with Crippen molar-refractivity contribution in [2.24, 2.45) is 5.92 Å². The van der Waals surface area contributed by atoms with Gasteiger partial charge in [0.1, 0.15) is 12.6 Å². The molecule has 35 heavy (non-hydrogen) atoms. The number of rotatable bonds is 10. The lowest BCUT2D eigenvalue weighted by molar-refractivity contribution is 0.102. The van der Waals surface area contributed by atoms with Crippen LogP contribution in [0.2, 0.25) is 0 Å². The van der Waals surface area contributed by atoms with Crippen LogP contribution in [0.15, 0.2) is 60.8 Å². The Balaban J connectivity index is 1.52. The third-order valence-electron chi connectivity index (χ3n) is 6.59. The smallest absolute Gasteiger partial charge is 0.255 e. The highest BCUT2D eigenvalue weighted by atomic mass is 16.1. The standard InChI is InChI=1S/C29H31N3O3/c33-19-22-8-4-10-24(16-22)29(35)32-27-12-11-25(30-14-5-9-21-6-2-1-3-7-21)18-26(27)28-17-23(20-34)13-15-31-28/h4,8,10-13,15-21,30H,1-3,5-7,9,14H2,(H,32,35). The van der Waals surface area contributed by atoms with Gasteiger partial charge in [0.2, 0.25) is 0 Å². The summed E-state index contributed by atoms with van der Waals surface area (Å²) in [5, 5.41) is 6.44. The molecule has 3 aromatic rings. The summed E-state index contributed by atoms with van der Waals surface area (Å²) in [6.07, 6.45) is 12.3. The number of benzene rings is 2. The van der Waals surface area contributed by atoms with Gasteiger partial charge in [-0.1, -0.05) is 44.2 Å². The second kappa shape index (κ2) is 12.1. The molecule has 1 heterocycles. The first-order chi connectivity index (χ1) is 17.2. The van der Waals surface area contributed by atoms with Gasteiger partial charge in [-0.15, -0.1) is 0 Å². The van der Waals surface area contributed by atoms with Crippen molar-refractivity contribution in [2.75, 3.05) is 17.2 Å². The van der Waals surface area contributed by atoms with Gasteiger partial charge in [-0.3, -0.25) is 19.4 Å². The largest absolute Gasteiger partial charge is 0.385 e. The first kappa shape index (κ1) is 24.3. The fourth-order valence-corrected chi connectivity index (χ4v) is 4.69. The number of amides is 1. The maximum atomic E-state index is 12.9. The fraction of sp³-hybridized carbons (Fsp3) is 0.310. The second-order valence-corrected chi connectivity index (χ2v) is 9.12. The van der Waals surface area contributed by atoms with Crippen LogP contribution >= 0.6 is 0 Å². The molecule has 180 valence electrons. The first-order valence-corrected chi connectivity index (χ1v) is 12.3. The molecule has 6 heteroatoms. The zero-order valence-electron chi connectivity index (χ0n) is 19.8. The molecule has 2 N–H and O–H groups in total.